The lowest BCUT2D eigenvalue weighted by molar-refractivity contribution is -0.133. The maximum Gasteiger partial charge on any atom is 0.312 e. The van der Waals surface area contributed by atoms with Crippen molar-refractivity contribution in [3.63, 3.8) is 0 Å². The molecule has 0 amide bonds. The van der Waals surface area contributed by atoms with Gasteiger partial charge in [-0.2, -0.15) is 0 Å². The molecule has 0 aliphatic carbocycles. The standard InChI is InChI=1S/C11H13BrO3/c1-8-3-4-9(10(7-8)14-2)15-11(13)5-6-12/h3-4,7H,5-6H2,1-2H3. The van der Waals surface area contributed by atoms with Gasteiger partial charge in [-0.1, -0.05) is 22.0 Å². The lowest BCUT2D eigenvalue weighted by Gasteiger charge is -2.09. The van der Waals surface area contributed by atoms with Crippen molar-refractivity contribution in [3.8, 4) is 11.5 Å². The summed E-state index contributed by atoms with van der Waals surface area (Å²) >= 11 is 3.18. The van der Waals surface area contributed by atoms with Gasteiger partial charge in [0.25, 0.3) is 0 Å². The topological polar surface area (TPSA) is 35.5 Å². The molecule has 0 saturated heterocycles. The lowest BCUT2D eigenvalue weighted by atomic mass is 10.2. The first-order valence-corrected chi connectivity index (χ1v) is 5.71. The Morgan fingerprint density at radius 2 is 2.13 bits per heavy atom. The van der Waals surface area contributed by atoms with Crippen LogP contribution < -0.4 is 9.47 Å². The third-order valence-electron chi connectivity index (χ3n) is 1.84. The van der Waals surface area contributed by atoms with E-state index in [4.69, 9.17) is 9.47 Å². The molecule has 3 nitrogen and oxygen atoms in total. The van der Waals surface area contributed by atoms with Crippen LogP contribution in [0.1, 0.15) is 12.0 Å². The number of esters is 1. The molecule has 0 N–H and O–H groups in total. The molecule has 0 bridgehead atoms. The second-order valence-corrected chi connectivity index (χ2v) is 3.86. The van der Waals surface area contributed by atoms with Gasteiger partial charge in [-0.3, -0.25) is 4.79 Å². The van der Waals surface area contributed by atoms with Gasteiger partial charge in [-0.05, 0) is 24.6 Å². The molecule has 0 heterocycles. The summed E-state index contributed by atoms with van der Waals surface area (Å²) in [4.78, 5) is 11.3. The first-order chi connectivity index (χ1) is 7.17. The molecule has 0 spiro atoms. The van der Waals surface area contributed by atoms with E-state index >= 15 is 0 Å². The molecular formula is C11H13BrO3. The van der Waals surface area contributed by atoms with Crippen molar-refractivity contribution in [2.45, 2.75) is 13.3 Å². The number of carbonyl (C=O) groups is 1. The predicted octanol–water partition coefficient (Wildman–Crippen LogP) is 2.69. The van der Waals surface area contributed by atoms with Crippen LogP contribution in [0.25, 0.3) is 0 Å². The molecule has 1 aromatic carbocycles. The van der Waals surface area contributed by atoms with Crippen LogP contribution in [0.5, 0.6) is 11.5 Å². The molecule has 82 valence electrons. The number of carbonyl (C=O) groups excluding carboxylic acids is 1. The van der Waals surface area contributed by atoms with E-state index in [0.29, 0.717) is 23.2 Å². The van der Waals surface area contributed by atoms with Crippen molar-refractivity contribution in [3.05, 3.63) is 23.8 Å². The van der Waals surface area contributed by atoms with E-state index in [0.717, 1.165) is 5.56 Å². The summed E-state index contributed by atoms with van der Waals surface area (Å²) in [6.45, 7) is 1.95. The number of hydrogen-bond acceptors (Lipinski definition) is 3. The van der Waals surface area contributed by atoms with Crippen molar-refractivity contribution in [1.82, 2.24) is 0 Å². The van der Waals surface area contributed by atoms with Crippen LogP contribution in [0, 0.1) is 6.92 Å². The summed E-state index contributed by atoms with van der Waals surface area (Å²) in [5, 5.41) is 0.597. The Balaban J connectivity index is 2.80. The molecule has 0 saturated carbocycles. The average molecular weight is 273 g/mol. The highest BCUT2D eigenvalue weighted by Crippen LogP contribution is 2.27. The first kappa shape index (κ1) is 12.0. The SMILES string of the molecule is COc1cc(C)ccc1OC(=O)CCBr. The third kappa shape index (κ3) is 3.55. The fourth-order valence-corrected chi connectivity index (χ4v) is 1.43. The maximum atomic E-state index is 11.3. The van der Waals surface area contributed by atoms with Crippen LogP contribution in [0.15, 0.2) is 18.2 Å². The Kier molecular flexibility index (Phi) is 4.62. The Morgan fingerprint density at radius 1 is 1.40 bits per heavy atom. The zero-order valence-electron chi connectivity index (χ0n) is 8.75. The molecule has 0 radical (unpaired) electrons. The normalized spacial score (nSPS) is 9.80. The number of alkyl halides is 1. The van der Waals surface area contributed by atoms with Crippen LogP contribution in [0.4, 0.5) is 0 Å². The Morgan fingerprint density at radius 3 is 2.73 bits per heavy atom. The van der Waals surface area contributed by atoms with Gasteiger partial charge < -0.3 is 9.47 Å². The van der Waals surface area contributed by atoms with Gasteiger partial charge in [0.05, 0.1) is 13.5 Å². The molecule has 0 aliphatic heterocycles. The van der Waals surface area contributed by atoms with Crippen molar-refractivity contribution >= 4 is 21.9 Å². The highest BCUT2D eigenvalue weighted by molar-refractivity contribution is 9.09. The number of benzene rings is 1. The molecule has 0 aliphatic rings. The molecule has 0 unspecified atom stereocenters. The number of aryl methyl sites for hydroxylation is 1. The minimum atomic E-state index is -0.269. The van der Waals surface area contributed by atoms with E-state index in [1.165, 1.54) is 0 Å². The van der Waals surface area contributed by atoms with Crippen molar-refractivity contribution in [2.24, 2.45) is 0 Å². The Bertz CT molecular complexity index is 350. The molecule has 0 fully saturated rings. The lowest BCUT2D eigenvalue weighted by Crippen LogP contribution is -2.08. The minimum absolute atomic E-state index is 0.269. The maximum absolute atomic E-state index is 11.3. The van der Waals surface area contributed by atoms with Crippen molar-refractivity contribution in [1.29, 1.82) is 0 Å². The summed E-state index contributed by atoms with van der Waals surface area (Å²) < 4.78 is 10.3. The molecular weight excluding hydrogens is 260 g/mol. The largest absolute Gasteiger partial charge is 0.493 e. The van der Waals surface area contributed by atoms with Crippen LogP contribution >= 0.6 is 15.9 Å². The summed E-state index contributed by atoms with van der Waals surface area (Å²) in [5.41, 5.74) is 1.06. The summed E-state index contributed by atoms with van der Waals surface area (Å²) in [6.07, 6.45) is 0.344. The average Bonchev–Trinajstić information content (AvgIpc) is 2.21. The molecule has 15 heavy (non-hydrogen) atoms. The monoisotopic (exact) mass is 272 g/mol. The fraction of sp³-hybridized carbons (Fsp3) is 0.364. The third-order valence-corrected chi connectivity index (χ3v) is 2.24. The Hall–Kier alpha value is -1.03. The Labute approximate surface area is 97.5 Å². The van der Waals surface area contributed by atoms with Gasteiger partial charge in [0.2, 0.25) is 0 Å². The number of halogens is 1. The highest BCUT2D eigenvalue weighted by Gasteiger charge is 2.09. The number of methoxy groups -OCH3 is 1. The van der Waals surface area contributed by atoms with E-state index in [2.05, 4.69) is 15.9 Å². The van der Waals surface area contributed by atoms with Gasteiger partial charge in [-0.25, -0.2) is 0 Å². The summed E-state index contributed by atoms with van der Waals surface area (Å²) in [7, 11) is 1.55. The van der Waals surface area contributed by atoms with Crippen molar-refractivity contribution in [2.75, 3.05) is 12.4 Å². The van der Waals surface area contributed by atoms with E-state index < -0.39 is 0 Å². The van der Waals surface area contributed by atoms with E-state index in [1.54, 1.807) is 13.2 Å². The van der Waals surface area contributed by atoms with Gasteiger partial charge in [0.1, 0.15) is 0 Å². The molecule has 4 heteroatoms. The summed E-state index contributed by atoms with van der Waals surface area (Å²) in [6, 6.07) is 5.44. The van der Waals surface area contributed by atoms with Crippen LogP contribution in [-0.2, 0) is 4.79 Å². The molecule has 1 rings (SSSR count). The zero-order valence-corrected chi connectivity index (χ0v) is 10.3. The van der Waals surface area contributed by atoms with Crippen LogP contribution in [0.2, 0.25) is 0 Å². The van der Waals surface area contributed by atoms with Gasteiger partial charge in [-0.15, -0.1) is 0 Å². The van der Waals surface area contributed by atoms with Gasteiger partial charge in [0.15, 0.2) is 11.5 Å². The number of ether oxygens (including phenoxy) is 2. The minimum Gasteiger partial charge on any atom is -0.493 e. The predicted molar refractivity (Wildman–Crippen MR) is 61.8 cm³/mol. The fourth-order valence-electron chi connectivity index (χ4n) is 1.11. The second-order valence-electron chi connectivity index (χ2n) is 3.07. The van der Waals surface area contributed by atoms with E-state index in [9.17, 15) is 4.79 Å². The van der Waals surface area contributed by atoms with E-state index in [1.807, 2.05) is 19.1 Å². The molecule has 1 aromatic rings. The van der Waals surface area contributed by atoms with Crippen molar-refractivity contribution < 1.29 is 14.3 Å². The number of rotatable bonds is 4. The molecule has 0 aromatic heterocycles. The van der Waals surface area contributed by atoms with E-state index in [-0.39, 0.29) is 5.97 Å². The summed E-state index contributed by atoms with van der Waals surface area (Å²) in [5.74, 6) is 0.779. The smallest absolute Gasteiger partial charge is 0.312 e. The quantitative estimate of drug-likeness (QED) is 0.480. The first-order valence-electron chi connectivity index (χ1n) is 4.58. The van der Waals surface area contributed by atoms with Gasteiger partial charge in [0, 0.05) is 5.33 Å². The molecule has 0 atom stereocenters. The zero-order chi connectivity index (χ0) is 11.3. The van der Waals surface area contributed by atoms with Gasteiger partial charge >= 0.3 is 5.97 Å². The highest BCUT2D eigenvalue weighted by atomic mass is 79.9. The second kappa shape index (κ2) is 5.75. The van der Waals surface area contributed by atoms with Crippen LogP contribution in [-0.4, -0.2) is 18.4 Å². The van der Waals surface area contributed by atoms with Crippen LogP contribution in [0.3, 0.4) is 0 Å². The number of hydrogen-bond donors (Lipinski definition) is 0.